The molecular formula is C12H30O3Sn2. The van der Waals surface area contributed by atoms with Gasteiger partial charge in [0.1, 0.15) is 0 Å². The molecule has 0 rings (SSSR count). The van der Waals surface area contributed by atoms with Crippen LogP contribution in [0, 0.1) is 0 Å². The van der Waals surface area contributed by atoms with Gasteiger partial charge in [0.25, 0.3) is 0 Å². The summed E-state index contributed by atoms with van der Waals surface area (Å²) in [4.78, 5) is 4.51. The van der Waals surface area contributed by atoms with Gasteiger partial charge in [0.05, 0.1) is 0 Å². The van der Waals surface area contributed by atoms with Crippen LogP contribution in [0.2, 0.25) is 18.8 Å². The van der Waals surface area contributed by atoms with Crippen molar-refractivity contribution < 1.29 is 7.56 Å². The van der Waals surface area contributed by atoms with Crippen molar-refractivity contribution in [1.82, 2.24) is 0 Å². The molecule has 3 nitrogen and oxygen atoms in total. The van der Waals surface area contributed by atoms with Gasteiger partial charge in [-0.05, 0) is 0 Å². The van der Waals surface area contributed by atoms with Gasteiger partial charge in [-0.3, -0.25) is 0 Å². The van der Waals surface area contributed by atoms with Crippen molar-refractivity contribution in [1.29, 1.82) is 0 Å². The third kappa shape index (κ3) is 7.60. The molecule has 0 aliphatic rings. The Balaban J connectivity index is 4.47. The van der Waals surface area contributed by atoms with Crippen molar-refractivity contribution in [3.8, 4) is 0 Å². The van der Waals surface area contributed by atoms with E-state index in [0.29, 0.717) is 0 Å². The summed E-state index contributed by atoms with van der Waals surface area (Å²) < 4.78 is 20.4. The van der Waals surface area contributed by atoms with Crippen LogP contribution < -0.4 is 0 Å². The second-order valence-corrected chi connectivity index (χ2v) is 27.6. The van der Waals surface area contributed by atoms with Crippen LogP contribution in [0.3, 0.4) is 0 Å². The molecule has 0 fully saturated rings. The monoisotopic (exact) mass is 462 g/mol. The van der Waals surface area contributed by atoms with Crippen molar-refractivity contribution in [3.63, 3.8) is 0 Å². The molecule has 2 atom stereocenters. The predicted molar refractivity (Wildman–Crippen MR) is 77.8 cm³/mol. The van der Waals surface area contributed by atoms with E-state index >= 15 is 0 Å². The quantitative estimate of drug-likeness (QED) is 0.462. The first-order valence-corrected chi connectivity index (χ1v) is 21.2. The fraction of sp³-hybridized carbons (Fsp3) is 1.00. The average molecular weight is 460 g/mol. The molecule has 17 heavy (non-hydrogen) atoms. The Morgan fingerprint density at radius 2 is 1.12 bits per heavy atom. The summed E-state index contributed by atoms with van der Waals surface area (Å²) in [5.74, 6) is 0. The summed E-state index contributed by atoms with van der Waals surface area (Å²) >= 11 is -5.53. The molecule has 0 bridgehead atoms. The van der Waals surface area contributed by atoms with Gasteiger partial charge >= 0.3 is 118 Å². The Labute approximate surface area is 118 Å². The van der Waals surface area contributed by atoms with Crippen LogP contribution in [0.25, 0.3) is 0 Å². The molecule has 0 spiro atoms. The van der Waals surface area contributed by atoms with E-state index in [1.54, 1.807) is 0 Å². The van der Waals surface area contributed by atoms with E-state index in [1.165, 1.54) is 25.7 Å². The summed E-state index contributed by atoms with van der Waals surface area (Å²) in [6, 6.07) is 0. The summed E-state index contributed by atoms with van der Waals surface area (Å²) in [6.07, 6.45) is 4.88. The first kappa shape index (κ1) is 18.5. The Kier molecular flexibility index (Phi) is 10.2. The molecule has 0 aromatic rings. The van der Waals surface area contributed by atoms with Crippen LogP contribution in [-0.2, 0) is 7.56 Å². The van der Waals surface area contributed by atoms with E-state index < -0.39 is 38.4 Å². The van der Waals surface area contributed by atoms with E-state index in [-0.39, 0.29) is 0 Å². The zero-order valence-corrected chi connectivity index (χ0v) is 18.2. The molecule has 0 N–H and O–H groups in total. The average Bonchev–Trinajstić information content (AvgIpc) is 2.34. The van der Waals surface area contributed by atoms with E-state index in [1.807, 2.05) is 14.2 Å². The van der Waals surface area contributed by atoms with E-state index in [0.717, 1.165) is 8.87 Å². The number of hydrogen-bond donors (Lipinski definition) is 0. The molecule has 5 heteroatoms. The molecule has 0 saturated carbocycles. The normalized spacial score (nSPS) is 18.7. The summed E-state index contributed by atoms with van der Waals surface area (Å²) in [6.45, 7) is 4.44. The van der Waals surface area contributed by atoms with Crippen molar-refractivity contribution in [2.75, 3.05) is 14.2 Å². The number of rotatable bonds is 10. The Morgan fingerprint density at radius 1 is 0.765 bits per heavy atom. The fourth-order valence-electron chi connectivity index (χ4n) is 1.84. The summed E-state index contributed by atoms with van der Waals surface area (Å²) in [5.41, 5.74) is 0. The number of hydrogen-bond acceptors (Lipinski definition) is 3. The SMILES string of the molecule is CCC[CH2][Sn]([CH3])([O]C)[O][Sn]([CH3])([CH2]CCC)[O]C. The van der Waals surface area contributed by atoms with Crippen molar-refractivity contribution in [2.45, 2.75) is 58.3 Å². The van der Waals surface area contributed by atoms with Crippen molar-refractivity contribution in [3.05, 3.63) is 0 Å². The van der Waals surface area contributed by atoms with E-state index in [9.17, 15) is 0 Å². The van der Waals surface area contributed by atoms with Gasteiger partial charge in [-0.25, -0.2) is 0 Å². The second-order valence-electron chi connectivity index (χ2n) is 4.99. The standard InChI is InChI=1S/2C4H9.2CH3O.2CH3.O.2Sn/c2*1-3-4-2;2*1-2;;;;;/h2*1,3-4H2,2H3;2*1H3;2*1H3;;;/q;;2*-1;;;;2*+1. The zero-order chi connectivity index (χ0) is 13.4. The van der Waals surface area contributed by atoms with Crippen LogP contribution in [0.4, 0.5) is 0 Å². The summed E-state index contributed by atoms with van der Waals surface area (Å²) in [5, 5.41) is 0. The minimum absolute atomic E-state index is 1.16. The Morgan fingerprint density at radius 3 is 1.35 bits per heavy atom. The van der Waals surface area contributed by atoms with Gasteiger partial charge < -0.3 is 0 Å². The number of unbranched alkanes of at least 4 members (excludes halogenated alkanes) is 2. The van der Waals surface area contributed by atoms with Crippen LogP contribution in [0.1, 0.15) is 39.5 Å². The van der Waals surface area contributed by atoms with Crippen LogP contribution in [-0.4, -0.2) is 52.6 Å². The van der Waals surface area contributed by atoms with Crippen molar-refractivity contribution in [2.24, 2.45) is 0 Å². The molecule has 104 valence electrons. The minimum atomic E-state index is -2.77. The molecule has 0 saturated heterocycles. The topological polar surface area (TPSA) is 27.7 Å². The first-order valence-electron chi connectivity index (χ1n) is 6.75. The van der Waals surface area contributed by atoms with Crippen molar-refractivity contribution >= 4 is 38.4 Å². The van der Waals surface area contributed by atoms with E-state index in [2.05, 4.69) is 23.7 Å². The second kappa shape index (κ2) is 9.39. The zero-order valence-electron chi connectivity index (χ0n) is 12.5. The van der Waals surface area contributed by atoms with Crippen LogP contribution >= 0.6 is 0 Å². The Bertz CT molecular complexity index is 184. The molecule has 0 aromatic heterocycles. The van der Waals surface area contributed by atoms with Gasteiger partial charge in [0, 0.05) is 0 Å². The van der Waals surface area contributed by atoms with Crippen LogP contribution in [0.15, 0.2) is 0 Å². The maximum absolute atomic E-state index is 6.50. The first-order chi connectivity index (χ1) is 7.95. The van der Waals surface area contributed by atoms with Gasteiger partial charge in [-0.1, -0.05) is 0 Å². The molecule has 0 amide bonds. The van der Waals surface area contributed by atoms with Gasteiger partial charge in [0.15, 0.2) is 0 Å². The maximum atomic E-state index is 6.50. The fourth-order valence-corrected chi connectivity index (χ4v) is 36.9. The van der Waals surface area contributed by atoms with Crippen LogP contribution in [0.5, 0.6) is 0 Å². The molecule has 0 heterocycles. The van der Waals surface area contributed by atoms with Gasteiger partial charge in [0.2, 0.25) is 0 Å². The molecule has 0 radical (unpaired) electrons. The molecule has 2 unspecified atom stereocenters. The third-order valence-corrected chi connectivity index (χ3v) is 34.4. The van der Waals surface area contributed by atoms with Gasteiger partial charge in [-0.2, -0.15) is 0 Å². The van der Waals surface area contributed by atoms with E-state index in [4.69, 9.17) is 7.56 Å². The summed E-state index contributed by atoms with van der Waals surface area (Å²) in [7, 11) is 3.65. The molecule has 0 aliphatic heterocycles. The molecule has 0 aromatic carbocycles. The Hall–Kier alpha value is 1.48. The molecular weight excluding hydrogens is 430 g/mol. The predicted octanol–water partition coefficient (Wildman–Crippen LogP) is 4.04. The molecule has 0 aliphatic carbocycles. The third-order valence-electron chi connectivity index (χ3n) is 3.26. The van der Waals surface area contributed by atoms with Gasteiger partial charge in [-0.15, -0.1) is 0 Å².